The van der Waals surface area contributed by atoms with Crippen LogP contribution in [0.3, 0.4) is 0 Å². The quantitative estimate of drug-likeness (QED) is 0.629. The minimum Gasteiger partial charge on any atom is -0.454 e. The maximum absolute atomic E-state index is 12.2. The third-order valence-electron chi connectivity index (χ3n) is 4.01. The lowest BCUT2D eigenvalue weighted by Gasteiger charge is -2.13. The molecular formula is C18H22N2O3. The zero-order valence-electron chi connectivity index (χ0n) is 14.2. The number of Topliss-reactive ketones (excluding diaryl/α,β-unsaturated/α-hetero) is 1. The molecule has 0 N–H and O–H groups in total. The molecule has 122 valence electrons. The second kappa shape index (κ2) is 6.69. The van der Waals surface area contributed by atoms with Crippen molar-refractivity contribution in [1.29, 1.82) is 0 Å². The molecule has 0 aliphatic rings. The lowest BCUT2D eigenvalue weighted by atomic mass is 10.1. The van der Waals surface area contributed by atoms with Gasteiger partial charge >= 0.3 is 5.97 Å². The van der Waals surface area contributed by atoms with Gasteiger partial charge in [0.25, 0.3) is 0 Å². The number of aryl methyl sites for hydroxylation is 1. The maximum atomic E-state index is 12.2. The van der Waals surface area contributed by atoms with Crippen molar-refractivity contribution in [2.45, 2.75) is 13.8 Å². The van der Waals surface area contributed by atoms with E-state index >= 15 is 0 Å². The highest BCUT2D eigenvalue weighted by Gasteiger charge is 2.17. The molecule has 2 aromatic rings. The summed E-state index contributed by atoms with van der Waals surface area (Å²) in [6.07, 6.45) is 0. The van der Waals surface area contributed by atoms with E-state index in [0.29, 0.717) is 11.1 Å². The third kappa shape index (κ3) is 3.62. The monoisotopic (exact) mass is 314 g/mol. The van der Waals surface area contributed by atoms with Crippen LogP contribution in [0.5, 0.6) is 0 Å². The van der Waals surface area contributed by atoms with E-state index in [2.05, 4.69) is 0 Å². The van der Waals surface area contributed by atoms with Crippen LogP contribution in [0.2, 0.25) is 0 Å². The fraction of sp³-hybridized carbons (Fsp3) is 0.333. The Balaban J connectivity index is 2.05. The fourth-order valence-corrected chi connectivity index (χ4v) is 2.34. The number of rotatable bonds is 5. The zero-order valence-corrected chi connectivity index (χ0v) is 14.2. The number of nitrogens with zero attached hydrogens (tertiary/aromatic N) is 2. The summed E-state index contributed by atoms with van der Waals surface area (Å²) >= 11 is 0. The first-order valence-electron chi connectivity index (χ1n) is 7.42. The molecule has 0 aliphatic heterocycles. The van der Waals surface area contributed by atoms with Crippen LogP contribution in [0.1, 0.15) is 32.1 Å². The highest BCUT2D eigenvalue weighted by Crippen LogP contribution is 2.16. The van der Waals surface area contributed by atoms with Crippen LogP contribution in [0.25, 0.3) is 0 Å². The molecule has 1 aromatic heterocycles. The Hall–Kier alpha value is -2.56. The van der Waals surface area contributed by atoms with Crippen LogP contribution in [0.4, 0.5) is 5.69 Å². The van der Waals surface area contributed by atoms with Gasteiger partial charge in [0, 0.05) is 43.8 Å². The second-order valence-electron chi connectivity index (χ2n) is 5.79. The summed E-state index contributed by atoms with van der Waals surface area (Å²) in [5.41, 5.74) is 3.80. The van der Waals surface area contributed by atoms with Crippen LogP contribution in [-0.4, -0.2) is 37.0 Å². The third-order valence-corrected chi connectivity index (χ3v) is 4.01. The molecule has 0 atom stereocenters. The molecule has 0 saturated heterocycles. The number of anilines is 1. The number of ether oxygens (including phenoxy) is 1. The van der Waals surface area contributed by atoms with Gasteiger partial charge in [0.05, 0.1) is 5.56 Å². The lowest BCUT2D eigenvalue weighted by Crippen LogP contribution is -2.15. The Labute approximate surface area is 136 Å². The van der Waals surface area contributed by atoms with Crippen LogP contribution in [-0.2, 0) is 11.8 Å². The molecule has 0 fully saturated rings. The SMILES string of the molecule is Cc1cc(C(=O)COC(=O)c2cccc(N(C)C)c2)c(C)n1C. The number of aromatic nitrogens is 1. The number of carbonyl (C=O) groups excluding carboxylic acids is 2. The number of hydrogen-bond acceptors (Lipinski definition) is 4. The first-order valence-corrected chi connectivity index (χ1v) is 7.42. The van der Waals surface area contributed by atoms with Crippen molar-refractivity contribution in [3.63, 3.8) is 0 Å². The Kier molecular flexibility index (Phi) is 4.89. The predicted octanol–water partition coefficient (Wildman–Crippen LogP) is 2.75. The van der Waals surface area contributed by atoms with Crippen molar-refractivity contribution in [3.05, 3.63) is 52.8 Å². The van der Waals surface area contributed by atoms with E-state index in [-0.39, 0.29) is 12.4 Å². The Morgan fingerprint density at radius 2 is 1.87 bits per heavy atom. The van der Waals surface area contributed by atoms with Gasteiger partial charge in [-0.05, 0) is 38.1 Å². The summed E-state index contributed by atoms with van der Waals surface area (Å²) in [4.78, 5) is 26.3. The van der Waals surface area contributed by atoms with Crippen LogP contribution in [0, 0.1) is 13.8 Å². The van der Waals surface area contributed by atoms with Gasteiger partial charge in [0.1, 0.15) is 0 Å². The zero-order chi connectivity index (χ0) is 17.1. The Morgan fingerprint density at radius 3 is 2.43 bits per heavy atom. The first-order chi connectivity index (χ1) is 10.8. The van der Waals surface area contributed by atoms with Gasteiger partial charge in [-0.2, -0.15) is 0 Å². The minimum atomic E-state index is -0.493. The van der Waals surface area contributed by atoms with Crippen LogP contribution in [0.15, 0.2) is 30.3 Å². The molecule has 23 heavy (non-hydrogen) atoms. The summed E-state index contributed by atoms with van der Waals surface area (Å²) in [5.74, 6) is -0.685. The van der Waals surface area contributed by atoms with Gasteiger partial charge in [0.2, 0.25) is 5.78 Å². The topological polar surface area (TPSA) is 51.5 Å². The summed E-state index contributed by atoms with van der Waals surface area (Å²) < 4.78 is 7.11. The fourth-order valence-electron chi connectivity index (χ4n) is 2.34. The normalized spacial score (nSPS) is 10.5. The average molecular weight is 314 g/mol. The summed E-state index contributed by atoms with van der Waals surface area (Å²) in [5, 5.41) is 0. The Bertz CT molecular complexity index is 745. The van der Waals surface area contributed by atoms with Crippen molar-refractivity contribution in [2.24, 2.45) is 7.05 Å². The van der Waals surface area contributed by atoms with Crippen molar-refractivity contribution in [3.8, 4) is 0 Å². The number of carbonyl (C=O) groups is 2. The van der Waals surface area contributed by atoms with E-state index in [0.717, 1.165) is 17.1 Å². The molecule has 0 bridgehead atoms. The minimum absolute atomic E-state index is 0.191. The number of ketones is 1. The van der Waals surface area contributed by atoms with E-state index in [9.17, 15) is 9.59 Å². The maximum Gasteiger partial charge on any atom is 0.338 e. The first kappa shape index (κ1) is 16.8. The van der Waals surface area contributed by atoms with Gasteiger partial charge in [-0.15, -0.1) is 0 Å². The molecule has 0 aliphatic carbocycles. The van der Waals surface area contributed by atoms with Crippen LogP contribution >= 0.6 is 0 Å². The lowest BCUT2D eigenvalue weighted by molar-refractivity contribution is 0.0474. The van der Waals surface area contributed by atoms with E-state index in [1.165, 1.54) is 0 Å². The summed E-state index contributed by atoms with van der Waals surface area (Å²) in [7, 11) is 5.70. The van der Waals surface area contributed by atoms with Gasteiger partial charge < -0.3 is 14.2 Å². The van der Waals surface area contributed by atoms with Gasteiger partial charge in [0.15, 0.2) is 6.61 Å². The molecule has 5 heteroatoms. The van der Waals surface area contributed by atoms with Crippen molar-refractivity contribution in [2.75, 3.05) is 25.6 Å². The van der Waals surface area contributed by atoms with Crippen molar-refractivity contribution >= 4 is 17.4 Å². The summed E-state index contributed by atoms with van der Waals surface area (Å²) in [6.45, 7) is 3.56. The molecule has 0 radical (unpaired) electrons. The van der Waals surface area contributed by atoms with E-state index in [1.807, 2.05) is 56.6 Å². The van der Waals surface area contributed by atoms with E-state index in [1.54, 1.807) is 18.2 Å². The summed E-state index contributed by atoms with van der Waals surface area (Å²) in [6, 6.07) is 8.93. The highest BCUT2D eigenvalue weighted by atomic mass is 16.5. The molecule has 2 rings (SSSR count). The van der Waals surface area contributed by atoms with Gasteiger partial charge in [-0.1, -0.05) is 6.07 Å². The van der Waals surface area contributed by atoms with E-state index < -0.39 is 5.97 Å². The Morgan fingerprint density at radius 1 is 1.17 bits per heavy atom. The largest absolute Gasteiger partial charge is 0.454 e. The molecular weight excluding hydrogens is 292 g/mol. The van der Waals surface area contributed by atoms with Crippen molar-refractivity contribution < 1.29 is 14.3 Å². The smallest absolute Gasteiger partial charge is 0.338 e. The van der Waals surface area contributed by atoms with Crippen molar-refractivity contribution in [1.82, 2.24) is 4.57 Å². The molecule has 0 amide bonds. The number of benzene rings is 1. The van der Waals surface area contributed by atoms with E-state index in [4.69, 9.17) is 4.74 Å². The van der Waals surface area contributed by atoms with Gasteiger partial charge in [-0.3, -0.25) is 4.79 Å². The molecule has 1 heterocycles. The predicted molar refractivity (Wildman–Crippen MR) is 90.3 cm³/mol. The molecule has 5 nitrogen and oxygen atoms in total. The second-order valence-corrected chi connectivity index (χ2v) is 5.79. The highest BCUT2D eigenvalue weighted by molar-refractivity contribution is 6.00. The molecule has 0 spiro atoms. The number of esters is 1. The molecule has 0 saturated carbocycles. The van der Waals surface area contributed by atoms with Crippen LogP contribution < -0.4 is 4.90 Å². The molecule has 1 aromatic carbocycles. The standard InChI is InChI=1S/C18H22N2O3/c1-12-9-16(13(2)20(12)5)17(21)11-23-18(22)14-7-6-8-15(10-14)19(3)4/h6-10H,11H2,1-5H3. The van der Waals surface area contributed by atoms with Gasteiger partial charge in [-0.25, -0.2) is 4.79 Å². The number of hydrogen-bond donors (Lipinski definition) is 0. The average Bonchev–Trinajstić information content (AvgIpc) is 2.80. The molecule has 0 unspecified atom stereocenters.